The molecule has 0 spiro atoms. The Labute approximate surface area is 144 Å². The molecule has 0 bridgehead atoms. The highest BCUT2D eigenvalue weighted by Crippen LogP contribution is 2.35. The van der Waals surface area contributed by atoms with Gasteiger partial charge >= 0.3 is 0 Å². The molecule has 0 aliphatic heterocycles. The number of H-pyrrole nitrogens is 1. The number of hydrogen-bond donors (Lipinski definition) is 2. The van der Waals surface area contributed by atoms with Crippen molar-refractivity contribution in [2.75, 3.05) is 5.32 Å². The molecule has 5 heteroatoms. The predicted octanol–water partition coefficient (Wildman–Crippen LogP) is 5.33. The quantitative estimate of drug-likeness (QED) is 0.532. The first-order valence-corrected chi connectivity index (χ1v) is 8.01. The zero-order valence-electron chi connectivity index (χ0n) is 13.0. The molecule has 4 aromatic rings. The van der Waals surface area contributed by atoms with Crippen LogP contribution in [-0.4, -0.2) is 15.0 Å². The van der Waals surface area contributed by atoms with Crippen LogP contribution in [0.15, 0.2) is 60.9 Å². The van der Waals surface area contributed by atoms with E-state index in [0.717, 1.165) is 39.4 Å². The number of nitrogens with zero attached hydrogens (tertiary/aromatic N) is 2. The summed E-state index contributed by atoms with van der Waals surface area (Å²) in [6, 6.07) is 17.8. The van der Waals surface area contributed by atoms with Gasteiger partial charge < -0.3 is 10.3 Å². The molecule has 2 heterocycles. The fourth-order valence-electron chi connectivity index (χ4n) is 2.91. The molecular formula is C19H15ClN4. The highest BCUT2D eigenvalue weighted by molar-refractivity contribution is 6.30. The van der Waals surface area contributed by atoms with Crippen LogP contribution in [0.25, 0.3) is 22.2 Å². The van der Waals surface area contributed by atoms with E-state index in [0.29, 0.717) is 5.02 Å². The second-order valence-electron chi connectivity index (χ2n) is 5.57. The molecule has 0 unspecified atom stereocenters. The molecule has 0 aliphatic carbocycles. The minimum atomic E-state index is 0.679. The smallest absolute Gasteiger partial charge is 0.143 e. The van der Waals surface area contributed by atoms with Crippen LogP contribution >= 0.6 is 11.6 Å². The standard InChI is InChI=1S/C19H15ClN4/c1-12-16(13-6-3-2-4-7-13)17-18(23-12)21-11-22-19(17)24-15-9-5-8-14(20)10-15/h2-11H,1H3,(H2,21,22,23,24). The van der Waals surface area contributed by atoms with Gasteiger partial charge in [0.15, 0.2) is 0 Å². The summed E-state index contributed by atoms with van der Waals surface area (Å²) >= 11 is 6.08. The van der Waals surface area contributed by atoms with Crippen LogP contribution in [0, 0.1) is 6.92 Å². The first-order chi connectivity index (χ1) is 11.7. The third-order valence-corrected chi connectivity index (χ3v) is 4.16. The molecule has 0 fully saturated rings. The zero-order valence-corrected chi connectivity index (χ0v) is 13.8. The fourth-order valence-corrected chi connectivity index (χ4v) is 3.10. The molecule has 4 nitrogen and oxygen atoms in total. The number of hydrogen-bond acceptors (Lipinski definition) is 3. The van der Waals surface area contributed by atoms with E-state index in [4.69, 9.17) is 11.6 Å². The zero-order chi connectivity index (χ0) is 16.5. The van der Waals surface area contributed by atoms with Gasteiger partial charge in [-0.1, -0.05) is 48.0 Å². The van der Waals surface area contributed by atoms with E-state index < -0.39 is 0 Å². The van der Waals surface area contributed by atoms with E-state index in [1.54, 1.807) is 6.33 Å². The van der Waals surface area contributed by atoms with Crippen LogP contribution in [0.2, 0.25) is 5.02 Å². The van der Waals surface area contributed by atoms with Crippen molar-refractivity contribution in [1.29, 1.82) is 0 Å². The van der Waals surface area contributed by atoms with Crippen LogP contribution in [-0.2, 0) is 0 Å². The molecule has 0 radical (unpaired) electrons. The predicted molar refractivity (Wildman–Crippen MR) is 98.8 cm³/mol. The van der Waals surface area contributed by atoms with Gasteiger partial charge in [0.2, 0.25) is 0 Å². The minimum Gasteiger partial charge on any atom is -0.343 e. The molecule has 0 aliphatic rings. The van der Waals surface area contributed by atoms with Gasteiger partial charge in [0, 0.05) is 22.0 Å². The van der Waals surface area contributed by atoms with Gasteiger partial charge in [0.25, 0.3) is 0 Å². The summed E-state index contributed by atoms with van der Waals surface area (Å²) in [5, 5.41) is 5.01. The summed E-state index contributed by atoms with van der Waals surface area (Å²) in [7, 11) is 0. The maximum Gasteiger partial charge on any atom is 0.143 e. The lowest BCUT2D eigenvalue weighted by Crippen LogP contribution is -1.95. The Balaban J connectivity index is 1.90. The van der Waals surface area contributed by atoms with E-state index in [2.05, 4.69) is 32.4 Å². The Hall–Kier alpha value is -2.85. The second-order valence-corrected chi connectivity index (χ2v) is 6.01. The maximum atomic E-state index is 6.08. The minimum absolute atomic E-state index is 0.679. The highest BCUT2D eigenvalue weighted by Gasteiger charge is 2.16. The normalized spacial score (nSPS) is 10.9. The van der Waals surface area contributed by atoms with E-state index in [1.807, 2.05) is 49.4 Å². The molecular weight excluding hydrogens is 320 g/mol. The Bertz CT molecular complexity index is 1010. The molecule has 0 saturated carbocycles. The van der Waals surface area contributed by atoms with E-state index in [1.165, 1.54) is 0 Å². The summed E-state index contributed by atoms with van der Waals surface area (Å²) in [5.74, 6) is 0.755. The molecule has 0 atom stereocenters. The highest BCUT2D eigenvalue weighted by atomic mass is 35.5. The molecule has 118 valence electrons. The summed E-state index contributed by atoms with van der Waals surface area (Å²) in [6.45, 7) is 2.05. The van der Waals surface area contributed by atoms with E-state index in [-0.39, 0.29) is 0 Å². The molecule has 0 saturated heterocycles. The van der Waals surface area contributed by atoms with Gasteiger partial charge in [-0.05, 0) is 30.7 Å². The van der Waals surface area contributed by atoms with Gasteiger partial charge in [-0.15, -0.1) is 0 Å². The fraction of sp³-hybridized carbons (Fsp3) is 0.0526. The number of benzene rings is 2. The first kappa shape index (κ1) is 14.7. The Morgan fingerprint density at radius 2 is 1.83 bits per heavy atom. The van der Waals surface area contributed by atoms with Crippen molar-refractivity contribution in [3.8, 4) is 11.1 Å². The SMILES string of the molecule is Cc1[nH]c2ncnc(Nc3cccc(Cl)c3)c2c1-c1ccccc1. The molecule has 4 rings (SSSR count). The lowest BCUT2D eigenvalue weighted by atomic mass is 10.0. The van der Waals surface area contributed by atoms with Crippen molar-refractivity contribution in [1.82, 2.24) is 15.0 Å². The van der Waals surface area contributed by atoms with Gasteiger partial charge in [-0.25, -0.2) is 9.97 Å². The lowest BCUT2D eigenvalue weighted by molar-refractivity contribution is 1.18. The molecule has 0 amide bonds. The largest absolute Gasteiger partial charge is 0.343 e. The first-order valence-electron chi connectivity index (χ1n) is 7.63. The van der Waals surface area contributed by atoms with Crippen molar-refractivity contribution in [2.24, 2.45) is 0 Å². The summed E-state index contributed by atoms with van der Waals surface area (Å²) in [4.78, 5) is 12.2. The van der Waals surface area contributed by atoms with Gasteiger partial charge in [-0.2, -0.15) is 0 Å². The van der Waals surface area contributed by atoms with Crippen LogP contribution in [0.3, 0.4) is 0 Å². The van der Waals surface area contributed by atoms with Crippen LogP contribution in [0.4, 0.5) is 11.5 Å². The lowest BCUT2D eigenvalue weighted by Gasteiger charge is -2.09. The summed E-state index contributed by atoms with van der Waals surface area (Å²) < 4.78 is 0. The third kappa shape index (κ3) is 2.61. The van der Waals surface area contributed by atoms with Crippen LogP contribution < -0.4 is 5.32 Å². The third-order valence-electron chi connectivity index (χ3n) is 3.93. The average molecular weight is 335 g/mol. The van der Waals surface area contributed by atoms with Crippen molar-refractivity contribution >= 4 is 34.1 Å². The second kappa shape index (κ2) is 5.98. The monoisotopic (exact) mass is 334 g/mol. The Morgan fingerprint density at radius 3 is 2.62 bits per heavy atom. The van der Waals surface area contributed by atoms with E-state index >= 15 is 0 Å². The van der Waals surface area contributed by atoms with Gasteiger partial charge in [0.05, 0.1) is 5.39 Å². The topological polar surface area (TPSA) is 53.6 Å². The number of anilines is 2. The van der Waals surface area contributed by atoms with Crippen molar-refractivity contribution in [2.45, 2.75) is 6.92 Å². The number of aromatic amines is 1. The number of halogens is 1. The van der Waals surface area contributed by atoms with Gasteiger partial charge in [0.1, 0.15) is 17.8 Å². The number of aromatic nitrogens is 3. The molecule has 2 N–H and O–H groups in total. The molecule has 2 aromatic carbocycles. The Morgan fingerprint density at radius 1 is 1.00 bits per heavy atom. The van der Waals surface area contributed by atoms with Crippen molar-refractivity contribution in [3.63, 3.8) is 0 Å². The number of rotatable bonds is 3. The average Bonchev–Trinajstić information content (AvgIpc) is 2.93. The maximum absolute atomic E-state index is 6.08. The Kier molecular flexibility index (Phi) is 3.67. The number of aryl methyl sites for hydroxylation is 1. The van der Waals surface area contributed by atoms with Crippen molar-refractivity contribution < 1.29 is 0 Å². The summed E-state index contributed by atoms with van der Waals surface area (Å²) in [5.41, 5.74) is 5.00. The van der Waals surface area contributed by atoms with Crippen LogP contribution in [0.1, 0.15) is 5.69 Å². The molecule has 2 aromatic heterocycles. The molecule has 24 heavy (non-hydrogen) atoms. The number of fused-ring (bicyclic) bond motifs is 1. The van der Waals surface area contributed by atoms with Gasteiger partial charge in [-0.3, -0.25) is 0 Å². The number of nitrogens with one attached hydrogen (secondary N) is 2. The summed E-state index contributed by atoms with van der Waals surface area (Å²) in [6.07, 6.45) is 1.56. The van der Waals surface area contributed by atoms with Crippen molar-refractivity contribution in [3.05, 3.63) is 71.6 Å². The van der Waals surface area contributed by atoms with E-state index in [9.17, 15) is 0 Å². The van der Waals surface area contributed by atoms with Crippen LogP contribution in [0.5, 0.6) is 0 Å².